The minimum absolute atomic E-state index is 0.255. The number of nitrogens with one attached hydrogen (secondary N) is 1. The third-order valence-electron chi connectivity index (χ3n) is 2.56. The first-order valence-corrected chi connectivity index (χ1v) is 5.97. The Bertz CT molecular complexity index is 623. The van der Waals surface area contributed by atoms with E-state index in [-0.39, 0.29) is 5.56 Å². The van der Waals surface area contributed by atoms with E-state index >= 15 is 0 Å². The molecule has 0 heterocycles. The van der Waals surface area contributed by atoms with E-state index in [0.29, 0.717) is 22.0 Å². The molecule has 0 radical (unpaired) electrons. The van der Waals surface area contributed by atoms with Crippen LogP contribution >= 0.6 is 11.6 Å². The van der Waals surface area contributed by atoms with Gasteiger partial charge in [0.05, 0.1) is 10.7 Å². The molecule has 0 unspecified atom stereocenters. The van der Waals surface area contributed by atoms with Gasteiger partial charge in [0, 0.05) is 11.3 Å². The monoisotopic (exact) mass is 278 g/mol. The summed E-state index contributed by atoms with van der Waals surface area (Å²) in [5.41, 5.74) is 7.45. The average Bonchev–Trinajstić information content (AvgIpc) is 2.32. The molecule has 0 aliphatic rings. The molecule has 5 heteroatoms. The molecule has 2 aromatic rings. The quantitative estimate of drug-likeness (QED) is 0.824. The van der Waals surface area contributed by atoms with E-state index < -0.39 is 11.7 Å². The second-order valence-corrected chi connectivity index (χ2v) is 4.61. The van der Waals surface area contributed by atoms with Crippen molar-refractivity contribution in [3.8, 4) is 0 Å². The van der Waals surface area contributed by atoms with Gasteiger partial charge in [0.15, 0.2) is 0 Å². The van der Waals surface area contributed by atoms with Crippen molar-refractivity contribution in [3.63, 3.8) is 0 Å². The van der Waals surface area contributed by atoms with Crippen LogP contribution in [-0.2, 0) is 0 Å². The molecule has 0 saturated heterocycles. The summed E-state index contributed by atoms with van der Waals surface area (Å²) < 4.78 is 13.2. The Morgan fingerprint density at radius 2 is 2.00 bits per heavy atom. The number of anilines is 2. The molecular formula is C14H12ClFN2O. The predicted molar refractivity (Wildman–Crippen MR) is 75.0 cm³/mol. The molecule has 3 nitrogen and oxygen atoms in total. The highest BCUT2D eigenvalue weighted by atomic mass is 35.5. The average molecular weight is 279 g/mol. The van der Waals surface area contributed by atoms with Crippen LogP contribution in [0.3, 0.4) is 0 Å². The Morgan fingerprint density at radius 1 is 1.26 bits per heavy atom. The molecule has 0 spiro atoms. The van der Waals surface area contributed by atoms with Gasteiger partial charge in [-0.25, -0.2) is 4.39 Å². The first-order valence-electron chi connectivity index (χ1n) is 5.59. The van der Waals surface area contributed by atoms with Crippen LogP contribution in [0.1, 0.15) is 15.9 Å². The molecule has 0 atom stereocenters. The van der Waals surface area contributed by atoms with Crippen molar-refractivity contribution in [2.75, 3.05) is 11.1 Å². The van der Waals surface area contributed by atoms with E-state index in [9.17, 15) is 9.18 Å². The first kappa shape index (κ1) is 13.4. The maximum atomic E-state index is 13.2. The summed E-state index contributed by atoms with van der Waals surface area (Å²) >= 11 is 5.86. The van der Waals surface area contributed by atoms with Gasteiger partial charge in [-0.15, -0.1) is 0 Å². The summed E-state index contributed by atoms with van der Waals surface area (Å²) in [7, 11) is 0. The molecule has 0 saturated carbocycles. The number of amides is 1. The molecule has 19 heavy (non-hydrogen) atoms. The molecule has 3 N–H and O–H groups in total. The summed E-state index contributed by atoms with van der Waals surface area (Å²) in [5.74, 6) is -0.844. The fraction of sp³-hybridized carbons (Fsp3) is 0.0714. The van der Waals surface area contributed by atoms with Crippen molar-refractivity contribution in [3.05, 3.63) is 58.4 Å². The largest absolute Gasteiger partial charge is 0.398 e. The maximum Gasteiger partial charge on any atom is 0.255 e. The second kappa shape index (κ2) is 5.28. The number of hydrogen-bond donors (Lipinski definition) is 2. The summed E-state index contributed by atoms with van der Waals surface area (Å²) in [6.07, 6.45) is 0. The smallest absolute Gasteiger partial charge is 0.255 e. The molecule has 1 amide bonds. The van der Waals surface area contributed by atoms with Gasteiger partial charge in [0.2, 0.25) is 0 Å². The Labute approximate surface area is 115 Å². The first-order chi connectivity index (χ1) is 8.95. The van der Waals surface area contributed by atoms with Gasteiger partial charge < -0.3 is 11.1 Å². The van der Waals surface area contributed by atoms with Crippen LogP contribution in [0, 0.1) is 12.7 Å². The van der Waals surface area contributed by atoms with Crippen LogP contribution in [0.15, 0.2) is 36.4 Å². The van der Waals surface area contributed by atoms with Crippen molar-refractivity contribution in [1.82, 2.24) is 0 Å². The third-order valence-corrected chi connectivity index (χ3v) is 2.89. The molecule has 0 aliphatic heterocycles. The van der Waals surface area contributed by atoms with Crippen LogP contribution in [0.25, 0.3) is 0 Å². The van der Waals surface area contributed by atoms with Crippen LogP contribution in [0.2, 0.25) is 5.02 Å². The lowest BCUT2D eigenvalue weighted by atomic mass is 10.1. The normalized spacial score (nSPS) is 10.3. The number of benzene rings is 2. The van der Waals surface area contributed by atoms with Crippen molar-refractivity contribution in [2.24, 2.45) is 0 Å². The predicted octanol–water partition coefficient (Wildman–Crippen LogP) is 3.62. The minimum atomic E-state index is -0.444. The van der Waals surface area contributed by atoms with E-state index in [1.54, 1.807) is 31.2 Å². The lowest BCUT2D eigenvalue weighted by molar-refractivity contribution is 0.102. The van der Waals surface area contributed by atoms with Crippen molar-refractivity contribution < 1.29 is 9.18 Å². The lowest BCUT2D eigenvalue weighted by Crippen LogP contribution is -2.12. The van der Waals surface area contributed by atoms with Gasteiger partial charge in [-0.1, -0.05) is 11.6 Å². The fourth-order valence-corrected chi connectivity index (χ4v) is 1.86. The number of nitrogen functional groups attached to an aromatic ring is 1. The van der Waals surface area contributed by atoms with Gasteiger partial charge in [0.1, 0.15) is 5.82 Å². The fourth-order valence-electron chi connectivity index (χ4n) is 1.68. The minimum Gasteiger partial charge on any atom is -0.398 e. The number of nitrogens with two attached hydrogens (primary N) is 1. The standard InChI is InChI=1S/C14H12ClFN2O/c1-8-4-9(6-10(16)5-8)14(19)18-11-2-3-13(17)12(15)7-11/h2-7H,17H2,1H3,(H,18,19). The van der Waals surface area contributed by atoms with E-state index in [0.717, 1.165) is 0 Å². The number of hydrogen-bond acceptors (Lipinski definition) is 2. The molecule has 2 rings (SSSR count). The van der Waals surface area contributed by atoms with Gasteiger partial charge in [0.25, 0.3) is 5.91 Å². The van der Waals surface area contributed by atoms with Gasteiger partial charge in [-0.2, -0.15) is 0 Å². The number of halogens is 2. The highest BCUT2D eigenvalue weighted by Crippen LogP contribution is 2.23. The van der Waals surface area contributed by atoms with Crippen LogP contribution in [0.5, 0.6) is 0 Å². The van der Waals surface area contributed by atoms with E-state index in [1.807, 2.05) is 0 Å². The maximum absolute atomic E-state index is 13.2. The summed E-state index contributed by atoms with van der Waals surface area (Å²) in [6, 6.07) is 8.91. The van der Waals surface area contributed by atoms with Crippen LogP contribution in [-0.4, -0.2) is 5.91 Å². The number of aryl methyl sites for hydroxylation is 1. The highest BCUT2D eigenvalue weighted by molar-refractivity contribution is 6.33. The Hall–Kier alpha value is -2.07. The number of carbonyl (C=O) groups excluding carboxylic acids is 1. The molecule has 98 valence electrons. The SMILES string of the molecule is Cc1cc(F)cc(C(=O)Nc2ccc(N)c(Cl)c2)c1. The highest BCUT2D eigenvalue weighted by Gasteiger charge is 2.09. The zero-order valence-electron chi connectivity index (χ0n) is 10.2. The van der Waals surface area contributed by atoms with Gasteiger partial charge in [-0.05, 0) is 48.9 Å². The zero-order valence-corrected chi connectivity index (χ0v) is 11.0. The van der Waals surface area contributed by atoms with Gasteiger partial charge in [-0.3, -0.25) is 4.79 Å². The van der Waals surface area contributed by atoms with Crippen molar-refractivity contribution >= 4 is 28.9 Å². The van der Waals surface area contributed by atoms with E-state index in [1.165, 1.54) is 12.1 Å². The van der Waals surface area contributed by atoms with E-state index in [4.69, 9.17) is 17.3 Å². The molecular weight excluding hydrogens is 267 g/mol. The zero-order chi connectivity index (χ0) is 14.0. The third kappa shape index (κ3) is 3.23. The second-order valence-electron chi connectivity index (χ2n) is 4.21. The molecule has 0 bridgehead atoms. The molecule has 0 fully saturated rings. The lowest BCUT2D eigenvalue weighted by Gasteiger charge is -2.07. The summed E-state index contributed by atoms with van der Waals surface area (Å²) in [6.45, 7) is 1.72. The topological polar surface area (TPSA) is 55.1 Å². The van der Waals surface area contributed by atoms with Crippen molar-refractivity contribution in [1.29, 1.82) is 0 Å². The van der Waals surface area contributed by atoms with Crippen molar-refractivity contribution in [2.45, 2.75) is 6.92 Å². The Kier molecular flexibility index (Phi) is 3.71. The van der Waals surface area contributed by atoms with Crippen LogP contribution in [0.4, 0.5) is 15.8 Å². The van der Waals surface area contributed by atoms with Crippen LogP contribution < -0.4 is 11.1 Å². The molecule has 2 aromatic carbocycles. The number of carbonyl (C=O) groups is 1. The van der Waals surface area contributed by atoms with E-state index in [2.05, 4.69) is 5.32 Å². The summed E-state index contributed by atoms with van der Waals surface area (Å²) in [5, 5.41) is 2.99. The molecule has 0 aliphatic carbocycles. The Morgan fingerprint density at radius 3 is 2.63 bits per heavy atom. The summed E-state index contributed by atoms with van der Waals surface area (Å²) in [4.78, 5) is 12.0. The van der Waals surface area contributed by atoms with Gasteiger partial charge >= 0.3 is 0 Å². The number of rotatable bonds is 2. The Balaban J connectivity index is 2.22. The molecule has 0 aromatic heterocycles.